The van der Waals surface area contributed by atoms with Crippen molar-refractivity contribution < 1.29 is 9.53 Å². The van der Waals surface area contributed by atoms with E-state index in [0.29, 0.717) is 23.2 Å². The van der Waals surface area contributed by atoms with Gasteiger partial charge in [0.15, 0.2) is 0 Å². The van der Waals surface area contributed by atoms with Gasteiger partial charge < -0.3 is 14.5 Å². The molecule has 0 saturated carbocycles. The predicted molar refractivity (Wildman–Crippen MR) is 125 cm³/mol. The van der Waals surface area contributed by atoms with E-state index in [1.54, 1.807) is 18.0 Å². The highest BCUT2D eigenvalue weighted by molar-refractivity contribution is 5.95. The van der Waals surface area contributed by atoms with E-state index in [1.807, 2.05) is 17.2 Å². The van der Waals surface area contributed by atoms with Crippen molar-refractivity contribution in [2.24, 2.45) is 0 Å². The first-order valence-electron chi connectivity index (χ1n) is 11.5. The second-order valence-corrected chi connectivity index (χ2v) is 9.06. The Hall–Kier alpha value is -3.10. The Morgan fingerprint density at radius 1 is 1.18 bits per heavy atom. The Morgan fingerprint density at radius 3 is 2.79 bits per heavy atom. The topological polar surface area (TPSA) is 76.4 Å². The average Bonchev–Trinajstić information content (AvgIpc) is 3.43. The lowest BCUT2D eigenvalue weighted by Gasteiger charge is -2.20. The number of nitrogens with zero attached hydrogens (tertiary/aromatic N) is 6. The number of likely N-dealkylation sites (N-methyl/N-ethyl adjacent to an activating group) is 1. The van der Waals surface area contributed by atoms with Crippen molar-refractivity contribution in [3.63, 3.8) is 0 Å². The molecule has 1 amide bonds. The molecule has 8 heteroatoms. The van der Waals surface area contributed by atoms with E-state index in [9.17, 15) is 4.79 Å². The first-order valence-corrected chi connectivity index (χ1v) is 11.5. The Kier molecular flexibility index (Phi) is 5.95. The maximum atomic E-state index is 13.4. The van der Waals surface area contributed by atoms with E-state index >= 15 is 0 Å². The highest BCUT2D eigenvalue weighted by Crippen LogP contribution is 2.31. The van der Waals surface area contributed by atoms with Crippen molar-refractivity contribution in [2.45, 2.75) is 38.3 Å². The van der Waals surface area contributed by atoms with Crippen LogP contribution in [0.1, 0.15) is 40.0 Å². The first kappa shape index (κ1) is 21.7. The molecule has 2 aliphatic rings. The van der Waals surface area contributed by atoms with Gasteiger partial charge in [0.2, 0.25) is 0 Å². The molecule has 5 rings (SSSR count). The highest BCUT2D eigenvalue weighted by atomic mass is 16.5. The number of amides is 1. The van der Waals surface area contributed by atoms with Gasteiger partial charge in [-0.2, -0.15) is 9.78 Å². The van der Waals surface area contributed by atoms with Crippen molar-refractivity contribution >= 4 is 5.91 Å². The number of fused-ring (bicyclic) bond motifs is 3. The van der Waals surface area contributed by atoms with Crippen LogP contribution in [0.3, 0.4) is 0 Å². The second-order valence-electron chi connectivity index (χ2n) is 9.06. The fourth-order valence-corrected chi connectivity index (χ4v) is 4.87. The van der Waals surface area contributed by atoms with Gasteiger partial charge in [0, 0.05) is 38.0 Å². The molecule has 1 aromatic carbocycles. The van der Waals surface area contributed by atoms with Crippen molar-refractivity contribution in [1.29, 1.82) is 0 Å². The maximum Gasteiger partial charge on any atom is 0.257 e. The van der Waals surface area contributed by atoms with Crippen LogP contribution < -0.4 is 0 Å². The van der Waals surface area contributed by atoms with E-state index in [2.05, 4.69) is 47.3 Å². The van der Waals surface area contributed by atoms with Gasteiger partial charge in [0.25, 0.3) is 11.9 Å². The monoisotopic (exact) mass is 446 g/mol. The summed E-state index contributed by atoms with van der Waals surface area (Å²) >= 11 is 0. The smallest absolute Gasteiger partial charge is 0.257 e. The maximum absolute atomic E-state index is 13.4. The zero-order valence-electron chi connectivity index (χ0n) is 19.5. The number of hydrogen-bond donors (Lipinski definition) is 0. The number of likely N-dealkylation sites (tertiary alicyclic amines) is 1. The lowest BCUT2D eigenvalue weighted by Crippen LogP contribution is -2.34. The minimum Gasteiger partial charge on any atom is -0.378 e. The molecule has 1 unspecified atom stereocenters. The lowest BCUT2D eigenvalue weighted by molar-refractivity contribution is 0.0777. The molecule has 1 aliphatic carbocycles. The normalized spacial score (nSPS) is 17.7. The number of aromatic nitrogens is 4. The minimum atomic E-state index is -0.0160. The van der Waals surface area contributed by atoms with E-state index in [4.69, 9.17) is 9.72 Å². The van der Waals surface area contributed by atoms with Gasteiger partial charge >= 0.3 is 0 Å². The van der Waals surface area contributed by atoms with Crippen LogP contribution in [0.15, 0.2) is 36.7 Å². The molecule has 3 heterocycles. The van der Waals surface area contributed by atoms with E-state index < -0.39 is 0 Å². The Balaban J connectivity index is 1.52. The fourth-order valence-electron chi connectivity index (χ4n) is 4.87. The van der Waals surface area contributed by atoms with Gasteiger partial charge in [0.1, 0.15) is 0 Å². The van der Waals surface area contributed by atoms with Gasteiger partial charge in [-0.15, -0.1) is 0 Å². The standard InChI is InChI=1S/C25H30N6O2/c1-29(2)19-11-12-30(15-19)24(32)21-14-27-31(22(21)16-33-3)25-26-13-18-9-6-8-17-7-4-5-10-20(17)23(18)28-25/h4-5,7,10,13-14,19H,6,8-9,11-12,15-16H2,1-3H3. The number of aryl methyl sites for hydroxylation is 2. The lowest BCUT2D eigenvalue weighted by atomic mass is 10.0. The largest absolute Gasteiger partial charge is 0.378 e. The molecule has 8 nitrogen and oxygen atoms in total. The minimum absolute atomic E-state index is 0.0160. The average molecular weight is 447 g/mol. The van der Waals surface area contributed by atoms with Crippen molar-refractivity contribution in [2.75, 3.05) is 34.3 Å². The van der Waals surface area contributed by atoms with Gasteiger partial charge in [-0.05, 0) is 50.9 Å². The zero-order chi connectivity index (χ0) is 22.9. The molecule has 1 saturated heterocycles. The number of carbonyl (C=O) groups excluding carboxylic acids is 1. The molecule has 0 radical (unpaired) electrons. The van der Waals surface area contributed by atoms with Crippen LogP contribution in [-0.2, 0) is 24.2 Å². The van der Waals surface area contributed by atoms with Crippen LogP contribution in [0, 0.1) is 0 Å². The molecule has 172 valence electrons. The van der Waals surface area contributed by atoms with Gasteiger partial charge in [0.05, 0.1) is 29.8 Å². The van der Waals surface area contributed by atoms with Crippen LogP contribution >= 0.6 is 0 Å². The molecule has 0 N–H and O–H groups in total. The third-order valence-electron chi connectivity index (χ3n) is 6.77. The molecule has 2 aromatic heterocycles. The van der Waals surface area contributed by atoms with Crippen LogP contribution in [0.5, 0.6) is 0 Å². The quantitative estimate of drug-likeness (QED) is 0.600. The summed E-state index contributed by atoms with van der Waals surface area (Å²) in [5, 5.41) is 4.53. The molecule has 1 aliphatic heterocycles. The summed E-state index contributed by atoms with van der Waals surface area (Å²) in [6.07, 6.45) is 7.55. The number of ether oxygens (including phenoxy) is 1. The summed E-state index contributed by atoms with van der Waals surface area (Å²) in [6, 6.07) is 8.80. The third kappa shape index (κ3) is 4.05. The summed E-state index contributed by atoms with van der Waals surface area (Å²) < 4.78 is 7.11. The molecule has 0 spiro atoms. The fraction of sp³-hybridized carbons (Fsp3) is 0.440. The van der Waals surface area contributed by atoms with Crippen molar-refractivity contribution in [1.82, 2.24) is 29.5 Å². The predicted octanol–water partition coefficient (Wildman–Crippen LogP) is 2.74. The molecular weight excluding hydrogens is 416 g/mol. The Morgan fingerprint density at radius 2 is 2.00 bits per heavy atom. The first-order chi connectivity index (χ1) is 16.1. The molecule has 1 atom stereocenters. The summed E-state index contributed by atoms with van der Waals surface area (Å²) in [5.74, 6) is 0.446. The Labute approximate surface area is 194 Å². The number of rotatable bonds is 5. The zero-order valence-corrected chi connectivity index (χ0v) is 19.5. The molecule has 0 bridgehead atoms. The van der Waals surface area contributed by atoms with Crippen molar-refractivity contribution in [3.8, 4) is 17.2 Å². The Bertz CT molecular complexity index is 1170. The summed E-state index contributed by atoms with van der Waals surface area (Å²) in [6.45, 7) is 1.71. The SMILES string of the molecule is COCc1c(C(=O)N2CCC(N(C)C)C2)cnn1-c1ncc2c(n1)-c1ccccc1CCC2. The summed E-state index contributed by atoms with van der Waals surface area (Å²) in [4.78, 5) is 27.0. The molecule has 33 heavy (non-hydrogen) atoms. The van der Waals surface area contributed by atoms with Crippen LogP contribution in [-0.4, -0.2) is 75.8 Å². The van der Waals surface area contributed by atoms with E-state index in [1.165, 1.54) is 5.56 Å². The van der Waals surface area contributed by atoms with Gasteiger partial charge in [-0.1, -0.05) is 24.3 Å². The third-order valence-corrected chi connectivity index (χ3v) is 6.77. The summed E-state index contributed by atoms with van der Waals surface area (Å²) in [5.41, 5.74) is 5.78. The number of hydrogen-bond acceptors (Lipinski definition) is 6. The molecular formula is C25H30N6O2. The van der Waals surface area contributed by atoms with Crippen LogP contribution in [0.4, 0.5) is 0 Å². The number of benzene rings is 1. The van der Waals surface area contributed by atoms with Gasteiger partial charge in [-0.3, -0.25) is 4.79 Å². The number of methoxy groups -OCH3 is 1. The van der Waals surface area contributed by atoms with E-state index in [-0.39, 0.29) is 12.5 Å². The van der Waals surface area contributed by atoms with Crippen LogP contribution in [0.25, 0.3) is 17.2 Å². The molecule has 3 aromatic rings. The highest BCUT2D eigenvalue weighted by Gasteiger charge is 2.31. The second kappa shape index (κ2) is 9.03. The van der Waals surface area contributed by atoms with Crippen molar-refractivity contribution in [3.05, 3.63) is 59.0 Å². The van der Waals surface area contributed by atoms with Crippen LogP contribution in [0.2, 0.25) is 0 Å². The van der Waals surface area contributed by atoms with E-state index in [0.717, 1.165) is 55.6 Å². The molecule has 1 fully saturated rings. The summed E-state index contributed by atoms with van der Waals surface area (Å²) in [7, 11) is 5.74. The number of carbonyl (C=O) groups is 1. The van der Waals surface area contributed by atoms with Gasteiger partial charge in [-0.25, -0.2) is 9.97 Å².